The molecule has 29 heavy (non-hydrogen) atoms. The first-order chi connectivity index (χ1) is 13.8. The molecule has 0 radical (unpaired) electrons. The quantitative estimate of drug-likeness (QED) is 0.795. The molecule has 1 heterocycles. The third-order valence-electron chi connectivity index (χ3n) is 5.03. The van der Waals surface area contributed by atoms with Crippen LogP contribution in [-0.2, 0) is 0 Å². The molecule has 0 spiro atoms. The van der Waals surface area contributed by atoms with Gasteiger partial charge in [-0.05, 0) is 49.2 Å². The van der Waals surface area contributed by atoms with Crippen molar-refractivity contribution in [3.05, 3.63) is 65.0 Å². The second-order valence-corrected chi connectivity index (χ2v) is 7.20. The maximum Gasteiger partial charge on any atom is 0.256 e. The summed E-state index contributed by atoms with van der Waals surface area (Å²) < 4.78 is 40.3. The van der Waals surface area contributed by atoms with Gasteiger partial charge in [-0.1, -0.05) is 0 Å². The molecular formula is C21H22F3N3O2. The summed E-state index contributed by atoms with van der Waals surface area (Å²) in [7, 11) is 3.83. The Morgan fingerprint density at radius 3 is 2.17 bits per heavy atom. The first-order valence-corrected chi connectivity index (χ1v) is 9.29. The molecule has 0 unspecified atom stereocenters. The zero-order valence-electron chi connectivity index (χ0n) is 16.2. The summed E-state index contributed by atoms with van der Waals surface area (Å²) in [5.41, 5.74) is 1.03. The number of halogens is 3. The highest BCUT2D eigenvalue weighted by atomic mass is 19.2. The van der Waals surface area contributed by atoms with Crippen molar-refractivity contribution in [2.24, 2.45) is 0 Å². The van der Waals surface area contributed by atoms with Crippen molar-refractivity contribution in [3.63, 3.8) is 0 Å². The second kappa shape index (κ2) is 8.55. The number of benzene rings is 2. The summed E-state index contributed by atoms with van der Waals surface area (Å²) in [5, 5.41) is 2.94. The van der Waals surface area contributed by atoms with E-state index in [0.717, 1.165) is 17.8 Å². The van der Waals surface area contributed by atoms with Crippen LogP contribution in [0.15, 0.2) is 36.4 Å². The largest absolute Gasteiger partial charge is 0.378 e. The van der Waals surface area contributed by atoms with Crippen LogP contribution < -0.4 is 10.2 Å². The number of hydrogen-bond donors (Lipinski definition) is 1. The van der Waals surface area contributed by atoms with Crippen LogP contribution >= 0.6 is 0 Å². The third-order valence-corrected chi connectivity index (χ3v) is 5.03. The van der Waals surface area contributed by atoms with Crippen molar-refractivity contribution in [1.29, 1.82) is 0 Å². The lowest BCUT2D eigenvalue weighted by atomic mass is 10.0. The first kappa shape index (κ1) is 20.7. The van der Waals surface area contributed by atoms with E-state index in [0.29, 0.717) is 18.4 Å². The van der Waals surface area contributed by atoms with E-state index < -0.39 is 28.9 Å². The molecule has 5 nitrogen and oxygen atoms in total. The molecule has 8 heteroatoms. The number of nitrogens with one attached hydrogen (secondary N) is 1. The molecule has 0 aliphatic carbocycles. The van der Waals surface area contributed by atoms with E-state index in [-0.39, 0.29) is 25.0 Å². The van der Waals surface area contributed by atoms with Gasteiger partial charge in [0.1, 0.15) is 0 Å². The number of likely N-dealkylation sites (tertiary alicyclic amines) is 1. The minimum Gasteiger partial charge on any atom is -0.378 e. The van der Waals surface area contributed by atoms with Crippen LogP contribution in [0.1, 0.15) is 33.6 Å². The van der Waals surface area contributed by atoms with Crippen LogP contribution in [0.4, 0.5) is 18.9 Å². The summed E-state index contributed by atoms with van der Waals surface area (Å²) in [6, 6.07) is 8.75. The first-order valence-electron chi connectivity index (χ1n) is 9.29. The molecule has 154 valence electrons. The zero-order valence-corrected chi connectivity index (χ0v) is 16.2. The Kier molecular flexibility index (Phi) is 6.10. The molecule has 0 aromatic heterocycles. The van der Waals surface area contributed by atoms with Gasteiger partial charge in [-0.25, -0.2) is 13.2 Å². The van der Waals surface area contributed by atoms with Crippen LogP contribution in [0.2, 0.25) is 0 Å². The van der Waals surface area contributed by atoms with Gasteiger partial charge in [0, 0.05) is 44.5 Å². The van der Waals surface area contributed by atoms with Crippen molar-refractivity contribution in [2.45, 2.75) is 18.9 Å². The topological polar surface area (TPSA) is 52.7 Å². The van der Waals surface area contributed by atoms with E-state index in [2.05, 4.69) is 5.32 Å². The summed E-state index contributed by atoms with van der Waals surface area (Å²) in [4.78, 5) is 28.2. The monoisotopic (exact) mass is 405 g/mol. The molecule has 2 amide bonds. The van der Waals surface area contributed by atoms with E-state index in [1.165, 1.54) is 4.90 Å². The number of hydrogen-bond acceptors (Lipinski definition) is 3. The van der Waals surface area contributed by atoms with Gasteiger partial charge in [0.25, 0.3) is 11.8 Å². The Morgan fingerprint density at radius 1 is 0.966 bits per heavy atom. The lowest BCUT2D eigenvalue weighted by Crippen LogP contribution is -2.46. The highest BCUT2D eigenvalue weighted by Gasteiger charge is 2.28. The highest BCUT2D eigenvalue weighted by Crippen LogP contribution is 2.20. The molecule has 1 N–H and O–H groups in total. The Labute approximate surface area is 167 Å². The van der Waals surface area contributed by atoms with Gasteiger partial charge in [0.05, 0.1) is 5.56 Å². The fraction of sp³-hybridized carbons (Fsp3) is 0.333. The Bertz CT molecular complexity index is 908. The molecular weight excluding hydrogens is 383 g/mol. The molecule has 1 fully saturated rings. The van der Waals surface area contributed by atoms with E-state index in [1.807, 2.05) is 31.1 Å². The number of amides is 2. The van der Waals surface area contributed by atoms with E-state index >= 15 is 0 Å². The molecule has 1 aliphatic heterocycles. The second-order valence-electron chi connectivity index (χ2n) is 7.20. The molecule has 2 aromatic carbocycles. The maximum atomic E-state index is 13.9. The molecule has 0 atom stereocenters. The van der Waals surface area contributed by atoms with Gasteiger partial charge in [-0.3, -0.25) is 9.59 Å². The summed E-state index contributed by atoms with van der Waals surface area (Å²) in [6.07, 6.45) is 0.969. The van der Waals surface area contributed by atoms with Gasteiger partial charge in [0.15, 0.2) is 17.5 Å². The normalized spacial score (nSPS) is 14.6. The molecule has 0 saturated carbocycles. The SMILES string of the molecule is CN(C)c1ccc(C(=O)NC2CCN(C(=O)c3ccc(F)c(F)c3F)CC2)cc1. The van der Waals surface area contributed by atoms with E-state index in [4.69, 9.17) is 0 Å². The predicted octanol–water partition coefficient (Wildman–Crippen LogP) is 3.20. The van der Waals surface area contributed by atoms with Gasteiger partial charge < -0.3 is 15.1 Å². The van der Waals surface area contributed by atoms with Crippen LogP contribution in [-0.4, -0.2) is 49.9 Å². The summed E-state index contributed by atoms with van der Waals surface area (Å²) >= 11 is 0. The van der Waals surface area contributed by atoms with Crippen molar-refractivity contribution >= 4 is 17.5 Å². The van der Waals surface area contributed by atoms with Crippen LogP contribution in [0.5, 0.6) is 0 Å². The van der Waals surface area contributed by atoms with Crippen LogP contribution in [0, 0.1) is 17.5 Å². The lowest BCUT2D eigenvalue weighted by molar-refractivity contribution is 0.0692. The maximum absolute atomic E-state index is 13.9. The lowest BCUT2D eigenvalue weighted by Gasteiger charge is -2.32. The number of rotatable bonds is 4. The van der Waals surface area contributed by atoms with Gasteiger partial charge >= 0.3 is 0 Å². The van der Waals surface area contributed by atoms with Crippen molar-refractivity contribution < 1.29 is 22.8 Å². The van der Waals surface area contributed by atoms with Crippen LogP contribution in [0.25, 0.3) is 0 Å². The number of piperidine rings is 1. The van der Waals surface area contributed by atoms with Gasteiger partial charge in [-0.15, -0.1) is 0 Å². The summed E-state index contributed by atoms with van der Waals surface area (Å²) in [5.74, 6) is -5.36. The van der Waals surface area contributed by atoms with Crippen molar-refractivity contribution in [2.75, 3.05) is 32.1 Å². The molecule has 2 aromatic rings. The Hall–Kier alpha value is -3.03. The number of carbonyl (C=O) groups excluding carboxylic acids is 2. The van der Waals surface area contributed by atoms with Crippen molar-refractivity contribution in [1.82, 2.24) is 10.2 Å². The van der Waals surface area contributed by atoms with Crippen molar-refractivity contribution in [3.8, 4) is 0 Å². The zero-order chi connectivity index (χ0) is 21.1. The number of anilines is 1. The van der Waals surface area contributed by atoms with Gasteiger partial charge in [-0.2, -0.15) is 0 Å². The molecule has 3 rings (SSSR count). The van der Waals surface area contributed by atoms with E-state index in [9.17, 15) is 22.8 Å². The smallest absolute Gasteiger partial charge is 0.256 e. The average Bonchev–Trinajstić information content (AvgIpc) is 2.72. The minimum atomic E-state index is -1.65. The summed E-state index contributed by atoms with van der Waals surface area (Å²) in [6.45, 7) is 0.559. The Balaban J connectivity index is 1.57. The molecule has 1 aliphatic rings. The third kappa shape index (κ3) is 4.52. The van der Waals surface area contributed by atoms with Gasteiger partial charge in [0.2, 0.25) is 0 Å². The molecule has 0 bridgehead atoms. The number of nitrogens with zero attached hydrogens (tertiary/aromatic N) is 2. The molecule has 1 saturated heterocycles. The van der Waals surface area contributed by atoms with E-state index in [1.54, 1.807) is 12.1 Å². The standard InChI is InChI=1S/C21H22F3N3O2/c1-26(2)15-5-3-13(4-6-15)20(28)25-14-9-11-27(12-10-14)21(29)16-7-8-17(22)19(24)18(16)23/h3-8,14H,9-12H2,1-2H3,(H,25,28). The highest BCUT2D eigenvalue weighted by molar-refractivity contribution is 5.95. The fourth-order valence-electron chi connectivity index (χ4n) is 3.27. The number of carbonyl (C=O) groups is 2. The fourth-order valence-corrected chi connectivity index (χ4v) is 3.27. The predicted molar refractivity (Wildman–Crippen MR) is 103 cm³/mol. The average molecular weight is 405 g/mol. The van der Waals surface area contributed by atoms with Crippen LogP contribution in [0.3, 0.4) is 0 Å². The minimum absolute atomic E-state index is 0.130. The Morgan fingerprint density at radius 2 is 1.59 bits per heavy atom.